The normalized spacial score (nSPS) is 26.8. The first-order chi connectivity index (χ1) is 12.6. The minimum Gasteiger partial charge on any atom is -0.344 e. The Morgan fingerprint density at radius 1 is 0.615 bits per heavy atom. The molecule has 3 fully saturated rings. The Morgan fingerprint density at radius 2 is 1.00 bits per heavy atom. The number of carbonyl (C=O) groups is 1. The average Bonchev–Trinajstić information content (AvgIpc) is 2.61. The predicted octanol–water partition coefficient (Wildman–Crippen LogP) is 6.26. The fourth-order valence-electron chi connectivity index (χ4n) is 4.28. The van der Waals surface area contributed by atoms with Crippen molar-refractivity contribution in [2.24, 2.45) is 0 Å². The Kier molecular flexibility index (Phi) is 9.58. The van der Waals surface area contributed by atoms with Crippen LogP contribution in [0.5, 0.6) is 0 Å². The van der Waals surface area contributed by atoms with Crippen molar-refractivity contribution in [2.45, 2.75) is 128 Å². The standard InChI is InChI=1S/C19H34O3.C3H6O/c1-2-4-6-11-15-19(16-12-7-5-3-1)20-17-18(21-22-19)13-9-8-10-14-18;1-3(2)4/h1-17H2;1-2H3. The molecule has 0 aromatic heterocycles. The highest BCUT2D eigenvalue weighted by atomic mass is 17.2. The van der Waals surface area contributed by atoms with Crippen LogP contribution in [0, 0.1) is 0 Å². The number of ether oxygens (including phenoxy) is 1. The maximum atomic E-state index is 9.44. The fourth-order valence-corrected chi connectivity index (χ4v) is 4.28. The van der Waals surface area contributed by atoms with Gasteiger partial charge in [0.25, 0.3) is 0 Å². The van der Waals surface area contributed by atoms with E-state index in [9.17, 15) is 4.79 Å². The first-order valence-electron chi connectivity index (χ1n) is 11.0. The van der Waals surface area contributed by atoms with Gasteiger partial charge in [-0.25, -0.2) is 9.78 Å². The lowest BCUT2D eigenvalue weighted by Gasteiger charge is -2.46. The lowest BCUT2D eigenvalue weighted by molar-refractivity contribution is -0.518. The highest BCUT2D eigenvalue weighted by molar-refractivity contribution is 5.72. The molecule has 2 saturated carbocycles. The summed E-state index contributed by atoms with van der Waals surface area (Å²) in [6, 6.07) is 0. The molecule has 4 nitrogen and oxygen atoms in total. The first kappa shape index (κ1) is 21.8. The van der Waals surface area contributed by atoms with E-state index < -0.39 is 5.79 Å². The maximum Gasteiger partial charge on any atom is 0.201 e. The van der Waals surface area contributed by atoms with Crippen LogP contribution in [-0.4, -0.2) is 23.8 Å². The monoisotopic (exact) mass is 368 g/mol. The molecule has 2 spiro atoms. The molecule has 1 saturated heterocycles. The molecule has 26 heavy (non-hydrogen) atoms. The topological polar surface area (TPSA) is 44.8 Å². The molecular weight excluding hydrogens is 328 g/mol. The quantitative estimate of drug-likeness (QED) is 0.473. The van der Waals surface area contributed by atoms with Crippen molar-refractivity contribution >= 4 is 5.78 Å². The van der Waals surface area contributed by atoms with E-state index in [0.717, 1.165) is 32.3 Å². The van der Waals surface area contributed by atoms with Gasteiger partial charge >= 0.3 is 0 Å². The first-order valence-corrected chi connectivity index (χ1v) is 11.0. The summed E-state index contributed by atoms with van der Waals surface area (Å²) in [6.45, 7) is 3.80. The Bertz CT molecular complexity index is 373. The summed E-state index contributed by atoms with van der Waals surface area (Å²) in [7, 11) is 0. The van der Waals surface area contributed by atoms with E-state index in [0.29, 0.717) is 0 Å². The molecule has 152 valence electrons. The number of ketones is 1. The van der Waals surface area contributed by atoms with E-state index in [1.807, 2.05) is 0 Å². The third-order valence-corrected chi connectivity index (χ3v) is 5.85. The molecule has 0 bridgehead atoms. The summed E-state index contributed by atoms with van der Waals surface area (Å²) in [5, 5.41) is 0. The van der Waals surface area contributed by atoms with Gasteiger partial charge in [-0.05, 0) is 39.5 Å². The van der Waals surface area contributed by atoms with Crippen molar-refractivity contribution < 1.29 is 19.3 Å². The van der Waals surface area contributed by atoms with Crippen molar-refractivity contribution in [3.8, 4) is 0 Å². The molecule has 0 radical (unpaired) electrons. The molecule has 0 amide bonds. The zero-order chi connectivity index (χ0) is 18.7. The van der Waals surface area contributed by atoms with Crippen LogP contribution in [0.3, 0.4) is 0 Å². The summed E-state index contributed by atoms with van der Waals surface area (Å²) in [5.74, 6) is -0.276. The van der Waals surface area contributed by atoms with Crippen molar-refractivity contribution in [3.05, 3.63) is 0 Å². The van der Waals surface area contributed by atoms with E-state index in [1.165, 1.54) is 90.9 Å². The average molecular weight is 369 g/mol. The molecule has 1 heterocycles. The van der Waals surface area contributed by atoms with Gasteiger partial charge in [-0.1, -0.05) is 64.2 Å². The highest BCUT2D eigenvalue weighted by Crippen LogP contribution is 2.41. The predicted molar refractivity (Wildman–Crippen MR) is 104 cm³/mol. The Labute approximate surface area is 160 Å². The van der Waals surface area contributed by atoms with E-state index in [1.54, 1.807) is 0 Å². The summed E-state index contributed by atoms with van der Waals surface area (Å²) >= 11 is 0. The molecule has 4 heteroatoms. The number of carbonyl (C=O) groups excluding carboxylic acids is 1. The van der Waals surface area contributed by atoms with Gasteiger partial charge in [-0.2, -0.15) is 0 Å². The second kappa shape index (κ2) is 11.4. The SMILES string of the molecule is C1CCCCCC2(CCCCC1)OCC1(CCCCC1)OO2.CC(C)=O. The van der Waals surface area contributed by atoms with E-state index >= 15 is 0 Å². The number of rotatable bonds is 0. The van der Waals surface area contributed by atoms with Gasteiger partial charge in [0.1, 0.15) is 11.4 Å². The van der Waals surface area contributed by atoms with E-state index in [-0.39, 0.29) is 11.4 Å². The van der Waals surface area contributed by atoms with Gasteiger partial charge < -0.3 is 9.53 Å². The maximum absolute atomic E-state index is 9.44. The molecule has 3 rings (SSSR count). The van der Waals surface area contributed by atoms with Crippen molar-refractivity contribution in [2.75, 3.05) is 6.61 Å². The van der Waals surface area contributed by atoms with Gasteiger partial charge in [0.05, 0.1) is 6.61 Å². The van der Waals surface area contributed by atoms with Crippen LogP contribution in [-0.2, 0) is 19.3 Å². The third kappa shape index (κ3) is 7.66. The van der Waals surface area contributed by atoms with Gasteiger partial charge in [0, 0.05) is 12.8 Å². The van der Waals surface area contributed by atoms with Gasteiger partial charge in [0.15, 0.2) is 0 Å². The lowest BCUT2D eigenvalue weighted by Crippen LogP contribution is -2.53. The largest absolute Gasteiger partial charge is 0.344 e. The Hall–Kier alpha value is -0.450. The molecule has 0 aromatic carbocycles. The highest BCUT2D eigenvalue weighted by Gasteiger charge is 2.46. The lowest BCUT2D eigenvalue weighted by atomic mass is 9.85. The summed E-state index contributed by atoms with van der Waals surface area (Å²) in [6.07, 6.45) is 20.0. The van der Waals surface area contributed by atoms with Crippen LogP contribution in [0.4, 0.5) is 0 Å². The zero-order valence-electron chi connectivity index (χ0n) is 17.2. The summed E-state index contributed by atoms with van der Waals surface area (Å²) in [4.78, 5) is 21.4. The van der Waals surface area contributed by atoms with Crippen LogP contribution >= 0.6 is 0 Å². The second-order valence-electron chi connectivity index (χ2n) is 8.70. The smallest absolute Gasteiger partial charge is 0.201 e. The molecule has 0 aromatic rings. The Morgan fingerprint density at radius 3 is 1.42 bits per heavy atom. The molecule has 0 N–H and O–H groups in total. The van der Waals surface area contributed by atoms with Crippen LogP contribution in [0.25, 0.3) is 0 Å². The molecule has 1 aliphatic heterocycles. The third-order valence-electron chi connectivity index (χ3n) is 5.85. The zero-order valence-corrected chi connectivity index (χ0v) is 17.2. The van der Waals surface area contributed by atoms with E-state index in [4.69, 9.17) is 14.5 Å². The van der Waals surface area contributed by atoms with Crippen molar-refractivity contribution in [3.63, 3.8) is 0 Å². The minimum absolute atomic E-state index is 0.132. The number of Topliss-reactive ketones (excluding diaryl/α,β-unsaturated/α-hetero) is 1. The van der Waals surface area contributed by atoms with Crippen molar-refractivity contribution in [1.82, 2.24) is 0 Å². The number of hydrogen-bond acceptors (Lipinski definition) is 4. The van der Waals surface area contributed by atoms with Crippen molar-refractivity contribution in [1.29, 1.82) is 0 Å². The number of hydrogen-bond donors (Lipinski definition) is 0. The van der Waals surface area contributed by atoms with Gasteiger partial charge in [-0.15, -0.1) is 0 Å². The minimum atomic E-state index is -0.443. The molecule has 3 aliphatic rings. The summed E-state index contributed by atoms with van der Waals surface area (Å²) < 4.78 is 6.36. The second-order valence-corrected chi connectivity index (χ2v) is 8.70. The molecule has 0 unspecified atom stereocenters. The van der Waals surface area contributed by atoms with Crippen LogP contribution in [0.1, 0.15) is 117 Å². The molecule has 0 atom stereocenters. The molecule has 2 aliphatic carbocycles. The van der Waals surface area contributed by atoms with Gasteiger partial charge in [-0.3, -0.25) is 0 Å². The molecular formula is C22H40O4. The van der Waals surface area contributed by atoms with Crippen LogP contribution in [0.15, 0.2) is 0 Å². The summed E-state index contributed by atoms with van der Waals surface area (Å²) in [5.41, 5.74) is -0.132. The van der Waals surface area contributed by atoms with Crippen LogP contribution in [0.2, 0.25) is 0 Å². The fraction of sp³-hybridized carbons (Fsp3) is 0.955. The Balaban J connectivity index is 0.000000552. The van der Waals surface area contributed by atoms with Crippen LogP contribution < -0.4 is 0 Å². The van der Waals surface area contributed by atoms with E-state index in [2.05, 4.69) is 0 Å². The van der Waals surface area contributed by atoms with Gasteiger partial charge in [0.2, 0.25) is 5.79 Å².